The van der Waals surface area contributed by atoms with E-state index in [9.17, 15) is 8.78 Å². The molecular formula is C15H23F2N3. The van der Waals surface area contributed by atoms with E-state index in [-0.39, 0.29) is 11.6 Å². The van der Waals surface area contributed by atoms with Crippen LogP contribution in [-0.2, 0) is 0 Å². The van der Waals surface area contributed by atoms with Gasteiger partial charge in [-0.2, -0.15) is 0 Å². The molecule has 20 heavy (non-hydrogen) atoms. The van der Waals surface area contributed by atoms with E-state index >= 15 is 0 Å². The first-order valence-electron chi connectivity index (χ1n) is 7.26. The van der Waals surface area contributed by atoms with Crippen molar-refractivity contribution in [2.45, 2.75) is 38.7 Å². The summed E-state index contributed by atoms with van der Waals surface area (Å²) in [7, 11) is 0. The number of alkyl halides is 2. The third kappa shape index (κ3) is 3.82. The van der Waals surface area contributed by atoms with Crippen LogP contribution in [0.25, 0.3) is 0 Å². The van der Waals surface area contributed by atoms with Crippen LogP contribution >= 0.6 is 0 Å². The van der Waals surface area contributed by atoms with Crippen LogP contribution in [0.15, 0.2) is 18.2 Å². The van der Waals surface area contributed by atoms with Crippen molar-refractivity contribution in [3.8, 4) is 0 Å². The summed E-state index contributed by atoms with van der Waals surface area (Å²) in [6.45, 7) is 5.36. The molecule has 0 aromatic heterocycles. The van der Waals surface area contributed by atoms with E-state index < -0.39 is 6.43 Å². The normalized spacial score (nSPS) is 17.6. The van der Waals surface area contributed by atoms with Crippen LogP contribution in [0.3, 0.4) is 0 Å². The molecule has 1 aliphatic rings. The van der Waals surface area contributed by atoms with Crippen LogP contribution in [0.1, 0.15) is 38.2 Å². The molecule has 1 fully saturated rings. The predicted molar refractivity (Wildman–Crippen MR) is 79.2 cm³/mol. The van der Waals surface area contributed by atoms with E-state index in [1.165, 1.54) is 6.07 Å². The van der Waals surface area contributed by atoms with Crippen molar-refractivity contribution in [2.75, 3.05) is 30.7 Å². The summed E-state index contributed by atoms with van der Waals surface area (Å²) in [5, 5.41) is 3.26. The van der Waals surface area contributed by atoms with Gasteiger partial charge in [-0.1, -0.05) is 6.92 Å². The Morgan fingerprint density at radius 1 is 1.35 bits per heavy atom. The molecule has 0 aliphatic carbocycles. The Balaban J connectivity index is 1.97. The molecule has 1 aliphatic heterocycles. The standard InChI is InChI=1S/C15H23F2N3/c1-2-7-20-8-5-12(6-9-20)19-14-4-3-11(18)10-13(14)15(16)17/h3-4,10,12,15,19H,2,5-9,18H2,1H3. The molecule has 1 aromatic rings. The van der Waals surface area contributed by atoms with Gasteiger partial charge >= 0.3 is 0 Å². The Kier molecular flexibility index (Phi) is 5.17. The highest BCUT2D eigenvalue weighted by Gasteiger charge is 2.21. The molecule has 2 rings (SSSR count). The number of rotatable bonds is 5. The zero-order valence-electron chi connectivity index (χ0n) is 11.9. The van der Waals surface area contributed by atoms with Crippen molar-refractivity contribution < 1.29 is 8.78 Å². The molecule has 1 aromatic carbocycles. The van der Waals surface area contributed by atoms with Crippen LogP contribution in [0.5, 0.6) is 0 Å². The van der Waals surface area contributed by atoms with Gasteiger partial charge in [0.1, 0.15) is 0 Å². The Bertz CT molecular complexity index is 429. The summed E-state index contributed by atoms with van der Waals surface area (Å²) in [4.78, 5) is 2.43. The fraction of sp³-hybridized carbons (Fsp3) is 0.600. The summed E-state index contributed by atoms with van der Waals surface area (Å²) >= 11 is 0. The number of hydrogen-bond acceptors (Lipinski definition) is 3. The molecule has 0 saturated carbocycles. The van der Waals surface area contributed by atoms with Crippen LogP contribution in [0.4, 0.5) is 20.2 Å². The van der Waals surface area contributed by atoms with E-state index in [0.29, 0.717) is 11.4 Å². The average molecular weight is 283 g/mol. The van der Waals surface area contributed by atoms with Gasteiger partial charge in [0.2, 0.25) is 0 Å². The lowest BCUT2D eigenvalue weighted by Gasteiger charge is -2.33. The maximum atomic E-state index is 13.0. The van der Waals surface area contributed by atoms with Crippen molar-refractivity contribution in [1.82, 2.24) is 4.90 Å². The molecule has 1 saturated heterocycles. The van der Waals surface area contributed by atoms with Crippen molar-refractivity contribution in [3.63, 3.8) is 0 Å². The van der Waals surface area contributed by atoms with Crippen LogP contribution in [-0.4, -0.2) is 30.6 Å². The maximum Gasteiger partial charge on any atom is 0.265 e. The molecule has 1 heterocycles. The van der Waals surface area contributed by atoms with E-state index in [1.807, 2.05) is 0 Å². The van der Waals surface area contributed by atoms with Gasteiger partial charge in [-0.3, -0.25) is 0 Å². The van der Waals surface area contributed by atoms with Gasteiger partial charge in [-0.05, 0) is 44.0 Å². The molecule has 0 unspecified atom stereocenters. The summed E-state index contributed by atoms with van der Waals surface area (Å²) in [6, 6.07) is 4.96. The smallest absolute Gasteiger partial charge is 0.265 e. The van der Waals surface area contributed by atoms with E-state index in [4.69, 9.17) is 5.73 Å². The van der Waals surface area contributed by atoms with Gasteiger partial charge in [0, 0.05) is 36.1 Å². The number of nitrogens with two attached hydrogens (primary N) is 1. The maximum absolute atomic E-state index is 13.0. The largest absolute Gasteiger partial charge is 0.399 e. The molecule has 112 valence electrons. The van der Waals surface area contributed by atoms with Crippen molar-refractivity contribution in [2.24, 2.45) is 0 Å². The Morgan fingerprint density at radius 3 is 2.65 bits per heavy atom. The average Bonchev–Trinajstić information content (AvgIpc) is 2.43. The molecule has 0 amide bonds. The van der Waals surface area contributed by atoms with Crippen LogP contribution in [0, 0.1) is 0 Å². The van der Waals surface area contributed by atoms with Gasteiger partial charge in [-0.15, -0.1) is 0 Å². The highest BCUT2D eigenvalue weighted by atomic mass is 19.3. The first-order valence-corrected chi connectivity index (χ1v) is 7.26. The number of benzene rings is 1. The van der Waals surface area contributed by atoms with Gasteiger partial charge in [-0.25, -0.2) is 8.78 Å². The Labute approximate surface area is 119 Å². The molecule has 0 atom stereocenters. The van der Waals surface area contributed by atoms with Gasteiger partial charge in [0.15, 0.2) is 0 Å². The Hall–Kier alpha value is -1.36. The minimum atomic E-state index is -2.50. The number of piperidine rings is 1. The van der Waals surface area contributed by atoms with E-state index in [2.05, 4.69) is 17.1 Å². The Morgan fingerprint density at radius 2 is 2.05 bits per heavy atom. The lowest BCUT2D eigenvalue weighted by atomic mass is 10.0. The predicted octanol–water partition coefficient (Wildman–Crippen LogP) is 3.49. The number of nitrogens with zero attached hydrogens (tertiary/aromatic N) is 1. The lowest BCUT2D eigenvalue weighted by molar-refractivity contribution is 0.152. The van der Waals surface area contributed by atoms with Crippen LogP contribution < -0.4 is 11.1 Å². The molecule has 0 bridgehead atoms. The molecular weight excluding hydrogens is 260 g/mol. The third-order valence-electron chi connectivity index (χ3n) is 3.80. The molecule has 3 N–H and O–H groups in total. The lowest BCUT2D eigenvalue weighted by Crippen LogP contribution is -2.39. The zero-order chi connectivity index (χ0) is 14.5. The minimum absolute atomic E-state index is 0.000915. The van der Waals surface area contributed by atoms with Crippen molar-refractivity contribution in [3.05, 3.63) is 23.8 Å². The number of nitrogens with one attached hydrogen (secondary N) is 1. The van der Waals surface area contributed by atoms with Gasteiger partial charge in [0.05, 0.1) is 0 Å². The van der Waals surface area contributed by atoms with Gasteiger partial charge in [0.25, 0.3) is 6.43 Å². The number of anilines is 2. The first-order chi connectivity index (χ1) is 9.60. The monoisotopic (exact) mass is 283 g/mol. The quantitative estimate of drug-likeness (QED) is 0.813. The SMILES string of the molecule is CCCN1CCC(Nc2ccc(N)cc2C(F)F)CC1. The molecule has 0 radical (unpaired) electrons. The summed E-state index contributed by atoms with van der Waals surface area (Å²) in [5.41, 5.74) is 6.48. The highest BCUT2D eigenvalue weighted by Crippen LogP contribution is 2.30. The second-order valence-electron chi connectivity index (χ2n) is 5.41. The number of hydrogen-bond donors (Lipinski definition) is 2. The number of nitrogen functional groups attached to an aromatic ring is 1. The zero-order valence-corrected chi connectivity index (χ0v) is 11.9. The minimum Gasteiger partial charge on any atom is -0.399 e. The van der Waals surface area contributed by atoms with Crippen LogP contribution in [0.2, 0.25) is 0 Å². The number of likely N-dealkylation sites (tertiary alicyclic amines) is 1. The molecule has 3 nitrogen and oxygen atoms in total. The summed E-state index contributed by atoms with van der Waals surface area (Å²) in [6.07, 6.45) is 0.646. The number of halogens is 2. The van der Waals surface area contributed by atoms with Crippen molar-refractivity contribution in [1.29, 1.82) is 0 Å². The van der Waals surface area contributed by atoms with E-state index in [1.54, 1.807) is 12.1 Å². The van der Waals surface area contributed by atoms with E-state index in [0.717, 1.165) is 38.9 Å². The fourth-order valence-electron chi connectivity index (χ4n) is 2.73. The third-order valence-corrected chi connectivity index (χ3v) is 3.80. The molecule has 0 spiro atoms. The fourth-order valence-corrected chi connectivity index (χ4v) is 2.73. The van der Waals surface area contributed by atoms with Gasteiger partial charge < -0.3 is 16.0 Å². The summed E-state index contributed by atoms with van der Waals surface area (Å²) < 4.78 is 26.0. The second-order valence-corrected chi connectivity index (χ2v) is 5.41. The highest BCUT2D eigenvalue weighted by molar-refractivity contribution is 5.59. The second kappa shape index (κ2) is 6.88. The summed E-state index contributed by atoms with van der Waals surface area (Å²) in [5.74, 6) is 0. The molecule has 5 heteroatoms. The topological polar surface area (TPSA) is 41.3 Å². The first kappa shape index (κ1) is 15.0. The van der Waals surface area contributed by atoms with Crippen molar-refractivity contribution >= 4 is 11.4 Å².